The molecule has 1 heterocycles. The molecule has 5 nitrogen and oxygen atoms in total. The van der Waals surface area contributed by atoms with Crippen LogP contribution in [0.1, 0.15) is 16.1 Å². The molecule has 0 bridgehead atoms. The van der Waals surface area contributed by atoms with E-state index < -0.39 is 6.29 Å². The average Bonchev–Trinajstić information content (AvgIpc) is 2.66. The fraction of sp³-hybridized carbons (Fsp3) is 0.500. The molecule has 1 aromatic heterocycles. The van der Waals surface area contributed by atoms with Crippen LogP contribution in [0.25, 0.3) is 0 Å². The molecule has 0 atom stereocenters. The van der Waals surface area contributed by atoms with Gasteiger partial charge in [0.1, 0.15) is 12.0 Å². The standard InChI is InChI=1S/C10H15NO4/c1-7-4-8(6-15-7)10(12)11-5-9(13-2)14-3/h4,6,9H,5H2,1-3H3,(H,11,12). The van der Waals surface area contributed by atoms with E-state index in [-0.39, 0.29) is 5.91 Å². The molecule has 1 N–H and O–H groups in total. The number of hydrogen-bond donors (Lipinski definition) is 1. The number of methoxy groups -OCH3 is 2. The Balaban J connectivity index is 2.42. The van der Waals surface area contributed by atoms with Crippen molar-refractivity contribution in [3.63, 3.8) is 0 Å². The van der Waals surface area contributed by atoms with Crippen LogP contribution in [0.5, 0.6) is 0 Å². The van der Waals surface area contributed by atoms with Crippen molar-refractivity contribution in [1.29, 1.82) is 0 Å². The fourth-order valence-corrected chi connectivity index (χ4v) is 1.10. The van der Waals surface area contributed by atoms with E-state index >= 15 is 0 Å². The molecule has 15 heavy (non-hydrogen) atoms. The Kier molecular flexibility index (Phi) is 4.33. The van der Waals surface area contributed by atoms with Crippen LogP contribution in [0.4, 0.5) is 0 Å². The molecule has 1 rings (SSSR count). The van der Waals surface area contributed by atoms with Crippen molar-refractivity contribution in [3.05, 3.63) is 23.7 Å². The third-order valence-corrected chi connectivity index (χ3v) is 1.95. The normalized spacial score (nSPS) is 10.7. The zero-order chi connectivity index (χ0) is 11.3. The van der Waals surface area contributed by atoms with Crippen molar-refractivity contribution < 1.29 is 18.7 Å². The number of carbonyl (C=O) groups excluding carboxylic acids is 1. The van der Waals surface area contributed by atoms with E-state index in [1.165, 1.54) is 20.5 Å². The van der Waals surface area contributed by atoms with Gasteiger partial charge in [-0.1, -0.05) is 0 Å². The van der Waals surface area contributed by atoms with Crippen LogP contribution < -0.4 is 5.32 Å². The molecular formula is C10H15NO4. The van der Waals surface area contributed by atoms with Crippen LogP contribution in [0.15, 0.2) is 16.7 Å². The van der Waals surface area contributed by atoms with Crippen LogP contribution in [0, 0.1) is 6.92 Å². The van der Waals surface area contributed by atoms with E-state index in [0.717, 1.165) is 0 Å². The van der Waals surface area contributed by atoms with Gasteiger partial charge in [-0.15, -0.1) is 0 Å². The first kappa shape index (κ1) is 11.7. The van der Waals surface area contributed by atoms with Gasteiger partial charge in [0.25, 0.3) is 5.91 Å². The van der Waals surface area contributed by atoms with E-state index in [9.17, 15) is 4.79 Å². The highest BCUT2D eigenvalue weighted by molar-refractivity contribution is 5.93. The van der Waals surface area contributed by atoms with Gasteiger partial charge in [-0.05, 0) is 13.0 Å². The summed E-state index contributed by atoms with van der Waals surface area (Å²) in [4.78, 5) is 11.5. The number of nitrogens with one attached hydrogen (secondary N) is 1. The van der Waals surface area contributed by atoms with E-state index in [1.807, 2.05) is 0 Å². The molecular weight excluding hydrogens is 198 g/mol. The molecule has 1 aromatic rings. The Morgan fingerprint density at radius 1 is 1.53 bits per heavy atom. The van der Waals surface area contributed by atoms with E-state index in [0.29, 0.717) is 17.9 Å². The lowest BCUT2D eigenvalue weighted by atomic mass is 10.3. The van der Waals surface area contributed by atoms with Gasteiger partial charge in [-0.2, -0.15) is 0 Å². The maximum absolute atomic E-state index is 11.5. The van der Waals surface area contributed by atoms with Gasteiger partial charge in [0.2, 0.25) is 0 Å². The second-order valence-electron chi connectivity index (χ2n) is 3.06. The van der Waals surface area contributed by atoms with Crippen molar-refractivity contribution in [1.82, 2.24) is 5.32 Å². The number of rotatable bonds is 5. The van der Waals surface area contributed by atoms with Gasteiger partial charge in [-0.25, -0.2) is 0 Å². The van der Waals surface area contributed by atoms with E-state index in [4.69, 9.17) is 13.9 Å². The van der Waals surface area contributed by atoms with Crippen LogP contribution >= 0.6 is 0 Å². The maximum atomic E-state index is 11.5. The Morgan fingerprint density at radius 2 is 2.20 bits per heavy atom. The number of furan rings is 1. The highest BCUT2D eigenvalue weighted by Gasteiger charge is 2.11. The summed E-state index contributed by atoms with van der Waals surface area (Å²) in [5, 5.41) is 2.67. The van der Waals surface area contributed by atoms with Crippen molar-refractivity contribution in [2.45, 2.75) is 13.2 Å². The predicted octanol–water partition coefficient (Wildman–Crippen LogP) is 0.937. The number of carbonyl (C=O) groups is 1. The Hall–Kier alpha value is -1.33. The molecule has 1 amide bonds. The number of amides is 1. The first-order chi connectivity index (χ1) is 7.17. The minimum Gasteiger partial charge on any atom is -0.469 e. The van der Waals surface area contributed by atoms with Gasteiger partial charge in [0.15, 0.2) is 6.29 Å². The quantitative estimate of drug-likeness (QED) is 0.739. The molecule has 0 saturated carbocycles. The summed E-state index contributed by atoms with van der Waals surface area (Å²) in [6.07, 6.45) is 0.987. The highest BCUT2D eigenvalue weighted by atomic mass is 16.7. The minimum atomic E-state index is -0.429. The molecule has 84 valence electrons. The van der Waals surface area contributed by atoms with Crippen molar-refractivity contribution >= 4 is 5.91 Å². The Labute approximate surface area is 88.4 Å². The van der Waals surface area contributed by atoms with Crippen molar-refractivity contribution in [2.75, 3.05) is 20.8 Å². The zero-order valence-corrected chi connectivity index (χ0v) is 9.07. The maximum Gasteiger partial charge on any atom is 0.254 e. The summed E-state index contributed by atoms with van der Waals surface area (Å²) < 4.78 is 14.9. The molecule has 0 aliphatic heterocycles. The summed E-state index contributed by atoms with van der Waals surface area (Å²) in [7, 11) is 3.03. The van der Waals surface area contributed by atoms with Gasteiger partial charge >= 0.3 is 0 Å². The lowest BCUT2D eigenvalue weighted by molar-refractivity contribution is -0.0974. The van der Waals surface area contributed by atoms with Crippen LogP contribution in [0.3, 0.4) is 0 Å². The summed E-state index contributed by atoms with van der Waals surface area (Å²) >= 11 is 0. The van der Waals surface area contributed by atoms with Crippen LogP contribution in [0.2, 0.25) is 0 Å². The third kappa shape index (κ3) is 3.38. The minimum absolute atomic E-state index is 0.203. The van der Waals surface area contributed by atoms with Gasteiger partial charge < -0.3 is 19.2 Å². The monoisotopic (exact) mass is 213 g/mol. The Morgan fingerprint density at radius 3 is 2.67 bits per heavy atom. The molecule has 0 unspecified atom stereocenters. The lowest BCUT2D eigenvalue weighted by Gasteiger charge is -2.13. The molecule has 0 radical (unpaired) electrons. The second kappa shape index (κ2) is 5.53. The summed E-state index contributed by atoms with van der Waals surface area (Å²) in [6.45, 7) is 2.08. The molecule has 0 aromatic carbocycles. The van der Waals surface area contributed by atoms with Gasteiger partial charge in [0, 0.05) is 14.2 Å². The molecule has 0 saturated heterocycles. The third-order valence-electron chi connectivity index (χ3n) is 1.95. The first-order valence-corrected chi connectivity index (χ1v) is 4.56. The topological polar surface area (TPSA) is 60.7 Å². The summed E-state index contributed by atoms with van der Waals surface area (Å²) in [5.41, 5.74) is 0.499. The predicted molar refractivity (Wildman–Crippen MR) is 53.6 cm³/mol. The lowest BCUT2D eigenvalue weighted by Crippen LogP contribution is -2.33. The second-order valence-corrected chi connectivity index (χ2v) is 3.06. The van der Waals surface area contributed by atoms with Crippen LogP contribution in [-0.2, 0) is 9.47 Å². The van der Waals surface area contributed by atoms with Crippen molar-refractivity contribution in [2.24, 2.45) is 0 Å². The van der Waals surface area contributed by atoms with Crippen molar-refractivity contribution in [3.8, 4) is 0 Å². The van der Waals surface area contributed by atoms with Gasteiger partial charge in [0.05, 0.1) is 12.1 Å². The first-order valence-electron chi connectivity index (χ1n) is 4.56. The van der Waals surface area contributed by atoms with Crippen LogP contribution in [-0.4, -0.2) is 33.0 Å². The molecule has 0 aliphatic carbocycles. The number of hydrogen-bond acceptors (Lipinski definition) is 4. The molecule has 0 spiro atoms. The average molecular weight is 213 g/mol. The zero-order valence-electron chi connectivity index (χ0n) is 9.07. The summed E-state index contributed by atoms with van der Waals surface area (Å²) in [6, 6.07) is 1.67. The fourth-order valence-electron chi connectivity index (χ4n) is 1.10. The molecule has 5 heteroatoms. The smallest absolute Gasteiger partial charge is 0.254 e. The largest absolute Gasteiger partial charge is 0.469 e. The van der Waals surface area contributed by atoms with Gasteiger partial charge in [-0.3, -0.25) is 4.79 Å². The van der Waals surface area contributed by atoms with E-state index in [1.54, 1.807) is 13.0 Å². The molecule has 0 aliphatic rings. The molecule has 0 fully saturated rings. The number of ether oxygens (including phenoxy) is 2. The number of aryl methyl sites for hydroxylation is 1. The highest BCUT2D eigenvalue weighted by Crippen LogP contribution is 2.05. The Bertz CT molecular complexity index is 317. The summed E-state index contributed by atoms with van der Waals surface area (Å²) in [5.74, 6) is 0.501. The SMILES string of the molecule is COC(CNC(=O)c1coc(C)c1)OC. The van der Waals surface area contributed by atoms with E-state index in [2.05, 4.69) is 5.32 Å².